The number of carbonyl (C=O) groups is 1. The van der Waals surface area contributed by atoms with Crippen LogP contribution in [0.2, 0.25) is 0 Å². The highest BCUT2D eigenvalue weighted by Crippen LogP contribution is 2.21. The van der Waals surface area contributed by atoms with Crippen LogP contribution >= 0.6 is 11.8 Å². The van der Waals surface area contributed by atoms with E-state index in [2.05, 4.69) is 4.98 Å². The molecule has 3 nitrogen and oxygen atoms in total. The van der Waals surface area contributed by atoms with Crippen LogP contribution < -0.4 is 0 Å². The van der Waals surface area contributed by atoms with Crippen LogP contribution in [-0.4, -0.2) is 15.8 Å². The zero-order valence-electron chi connectivity index (χ0n) is 8.96. The standard InChI is InChI=1S/C12H12N2OS/c1-14-7-6-13-12(14)9-16-11-4-2-10(8-15)3-5-11/h2-8H,9H2,1H3. The maximum atomic E-state index is 10.5. The first kappa shape index (κ1) is 11.0. The van der Waals surface area contributed by atoms with Crippen LogP contribution in [0.5, 0.6) is 0 Å². The molecule has 4 heteroatoms. The summed E-state index contributed by atoms with van der Waals surface area (Å²) in [5.74, 6) is 1.88. The van der Waals surface area contributed by atoms with E-state index in [0.29, 0.717) is 5.56 Å². The third-order valence-electron chi connectivity index (χ3n) is 2.31. The van der Waals surface area contributed by atoms with E-state index in [1.807, 2.05) is 42.1 Å². The number of rotatable bonds is 4. The van der Waals surface area contributed by atoms with E-state index >= 15 is 0 Å². The molecule has 0 bridgehead atoms. The quantitative estimate of drug-likeness (QED) is 0.600. The number of benzene rings is 1. The molecule has 0 saturated carbocycles. The number of thioether (sulfide) groups is 1. The van der Waals surface area contributed by atoms with Crippen LogP contribution in [0.25, 0.3) is 0 Å². The van der Waals surface area contributed by atoms with E-state index in [4.69, 9.17) is 0 Å². The van der Waals surface area contributed by atoms with Gasteiger partial charge in [0.15, 0.2) is 0 Å². The number of imidazole rings is 1. The Labute approximate surface area is 98.5 Å². The fourth-order valence-corrected chi connectivity index (χ4v) is 2.23. The van der Waals surface area contributed by atoms with Crippen LogP contribution in [0.15, 0.2) is 41.6 Å². The highest BCUT2D eigenvalue weighted by atomic mass is 32.2. The fourth-order valence-electron chi connectivity index (χ4n) is 1.33. The molecule has 0 atom stereocenters. The Kier molecular flexibility index (Phi) is 3.41. The van der Waals surface area contributed by atoms with Gasteiger partial charge in [-0.15, -0.1) is 11.8 Å². The van der Waals surface area contributed by atoms with E-state index in [0.717, 1.165) is 22.8 Å². The number of carbonyl (C=O) groups excluding carboxylic acids is 1. The van der Waals surface area contributed by atoms with Crippen LogP contribution in [0.3, 0.4) is 0 Å². The second kappa shape index (κ2) is 4.99. The molecular weight excluding hydrogens is 220 g/mol. The minimum absolute atomic E-state index is 0.710. The molecule has 0 aliphatic carbocycles. The van der Waals surface area contributed by atoms with Crippen molar-refractivity contribution in [2.45, 2.75) is 10.6 Å². The molecule has 1 aromatic carbocycles. The first-order valence-electron chi connectivity index (χ1n) is 4.94. The Morgan fingerprint density at radius 1 is 1.38 bits per heavy atom. The predicted octanol–water partition coefficient (Wildman–Crippen LogP) is 2.52. The normalized spacial score (nSPS) is 10.3. The molecule has 0 N–H and O–H groups in total. The minimum atomic E-state index is 0.710. The van der Waals surface area contributed by atoms with Gasteiger partial charge in [-0.3, -0.25) is 4.79 Å². The van der Waals surface area contributed by atoms with Gasteiger partial charge in [0.1, 0.15) is 12.1 Å². The van der Waals surface area contributed by atoms with Gasteiger partial charge in [-0.05, 0) is 12.1 Å². The number of nitrogens with zero attached hydrogens (tertiary/aromatic N) is 2. The van der Waals surface area contributed by atoms with Gasteiger partial charge in [0.2, 0.25) is 0 Å². The molecule has 1 heterocycles. The Balaban J connectivity index is 1.99. The van der Waals surface area contributed by atoms with Crippen molar-refractivity contribution in [2.24, 2.45) is 7.05 Å². The molecule has 0 aliphatic heterocycles. The number of hydrogen-bond acceptors (Lipinski definition) is 3. The third-order valence-corrected chi connectivity index (χ3v) is 3.31. The van der Waals surface area contributed by atoms with E-state index in [1.165, 1.54) is 0 Å². The van der Waals surface area contributed by atoms with Gasteiger partial charge >= 0.3 is 0 Å². The van der Waals surface area contributed by atoms with Crippen LogP contribution in [-0.2, 0) is 12.8 Å². The lowest BCUT2D eigenvalue weighted by Gasteiger charge is -2.02. The SMILES string of the molecule is Cn1ccnc1CSc1ccc(C=O)cc1. The summed E-state index contributed by atoms with van der Waals surface area (Å²) in [4.78, 5) is 15.9. The smallest absolute Gasteiger partial charge is 0.150 e. The average molecular weight is 232 g/mol. The molecule has 0 amide bonds. The topological polar surface area (TPSA) is 34.9 Å². The zero-order chi connectivity index (χ0) is 11.4. The van der Waals surface area contributed by atoms with Crippen molar-refractivity contribution < 1.29 is 4.79 Å². The van der Waals surface area contributed by atoms with Gasteiger partial charge in [0.25, 0.3) is 0 Å². The summed E-state index contributed by atoms with van der Waals surface area (Å²) in [6, 6.07) is 7.57. The molecular formula is C12H12N2OS. The Bertz CT molecular complexity index is 476. The van der Waals surface area contributed by atoms with E-state index < -0.39 is 0 Å². The molecule has 0 unspecified atom stereocenters. The second-order valence-electron chi connectivity index (χ2n) is 3.43. The molecule has 2 aromatic rings. The van der Waals surface area contributed by atoms with E-state index in [1.54, 1.807) is 18.0 Å². The van der Waals surface area contributed by atoms with Gasteiger partial charge in [0.05, 0.1) is 5.75 Å². The molecule has 0 saturated heterocycles. The third kappa shape index (κ3) is 2.52. The van der Waals surface area contributed by atoms with Crippen LogP contribution in [0, 0.1) is 0 Å². The molecule has 1 aromatic heterocycles. The Morgan fingerprint density at radius 3 is 2.69 bits per heavy atom. The van der Waals surface area contributed by atoms with Crippen molar-refractivity contribution in [2.75, 3.05) is 0 Å². The summed E-state index contributed by atoms with van der Waals surface area (Å²) in [5, 5.41) is 0. The summed E-state index contributed by atoms with van der Waals surface area (Å²) in [5.41, 5.74) is 0.710. The van der Waals surface area contributed by atoms with Gasteiger partial charge < -0.3 is 4.57 Å². The van der Waals surface area contributed by atoms with Crippen molar-refractivity contribution in [3.8, 4) is 0 Å². The number of aldehydes is 1. The molecule has 0 fully saturated rings. The molecule has 0 spiro atoms. The number of hydrogen-bond donors (Lipinski definition) is 0. The number of aromatic nitrogens is 2. The lowest BCUT2D eigenvalue weighted by molar-refractivity contribution is 0.112. The van der Waals surface area contributed by atoms with Crippen LogP contribution in [0.4, 0.5) is 0 Å². The Hall–Kier alpha value is -1.55. The second-order valence-corrected chi connectivity index (χ2v) is 4.48. The van der Waals surface area contributed by atoms with Crippen LogP contribution in [0.1, 0.15) is 16.2 Å². The molecule has 0 aliphatic rings. The van der Waals surface area contributed by atoms with Crippen molar-refractivity contribution in [1.29, 1.82) is 0 Å². The van der Waals surface area contributed by atoms with E-state index in [-0.39, 0.29) is 0 Å². The van der Waals surface area contributed by atoms with Crippen molar-refractivity contribution in [3.63, 3.8) is 0 Å². The lowest BCUT2D eigenvalue weighted by atomic mass is 10.2. The van der Waals surface area contributed by atoms with Gasteiger partial charge in [-0.2, -0.15) is 0 Å². The van der Waals surface area contributed by atoms with Crippen molar-refractivity contribution >= 4 is 18.0 Å². The Morgan fingerprint density at radius 2 is 2.12 bits per heavy atom. The summed E-state index contributed by atoms with van der Waals surface area (Å²) in [6.07, 6.45) is 4.59. The van der Waals surface area contributed by atoms with Gasteiger partial charge in [-0.1, -0.05) is 12.1 Å². The zero-order valence-corrected chi connectivity index (χ0v) is 9.78. The maximum Gasteiger partial charge on any atom is 0.150 e. The summed E-state index contributed by atoms with van der Waals surface area (Å²) in [6.45, 7) is 0. The van der Waals surface area contributed by atoms with Crippen molar-refractivity contribution in [1.82, 2.24) is 9.55 Å². The summed E-state index contributed by atoms with van der Waals surface area (Å²) < 4.78 is 2.01. The first-order chi connectivity index (χ1) is 7.79. The van der Waals surface area contributed by atoms with Gasteiger partial charge in [-0.25, -0.2) is 4.98 Å². The monoisotopic (exact) mass is 232 g/mol. The fraction of sp³-hybridized carbons (Fsp3) is 0.167. The highest BCUT2D eigenvalue weighted by molar-refractivity contribution is 7.98. The van der Waals surface area contributed by atoms with E-state index in [9.17, 15) is 4.79 Å². The molecule has 0 radical (unpaired) electrons. The minimum Gasteiger partial charge on any atom is -0.337 e. The predicted molar refractivity (Wildman–Crippen MR) is 64.6 cm³/mol. The highest BCUT2D eigenvalue weighted by Gasteiger charge is 2.00. The lowest BCUT2D eigenvalue weighted by Crippen LogP contribution is -1.94. The summed E-state index contributed by atoms with van der Waals surface area (Å²) in [7, 11) is 1.98. The molecule has 2 rings (SSSR count). The molecule has 16 heavy (non-hydrogen) atoms. The van der Waals surface area contributed by atoms with Crippen molar-refractivity contribution in [3.05, 3.63) is 48.0 Å². The molecule has 82 valence electrons. The summed E-state index contributed by atoms with van der Waals surface area (Å²) >= 11 is 1.71. The average Bonchev–Trinajstić information content (AvgIpc) is 2.73. The van der Waals surface area contributed by atoms with Gasteiger partial charge in [0, 0.05) is 29.9 Å². The maximum absolute atomic E-state index is 10.5. The largest absolute Gasteiger partial charge is 0.337 e. The first-order valence-corrected chi connectivity index (χ1v) is 5.92. The number of aryl methyl sites for hydroxylation is 1.